The third-order valence-electron chi connectivity index (χ3n) is 4.97. The molecule has 2 heterocycles. The molecule has 0 radical (unpaired) electrons. The van der Waals surface area contributed by atoms with Crippen LogP contribution in [0, 0.1) is 18.8 Å². The van der Waals surface area contributed by atoms with Gasteiger partial charge in [0.05, 0.1) is 18.1 Å². The number of likely N-dealkylation sites (tertiary alicyclic amines) is 1. The number of hydrogen-bond acceptors (Lipinski definition) is 4. The van der Waals surface area contributed by atoms with Crippen molar-refractivity contribution in [3.8, 4) is 5.69 Å². The first kappa shape index (κ1) is 19.1. The van der Waals surface area contributed by atoms with Crippen LogP contribution in [0.15, 0.2) is 36.7 Å². The standard InChI is InChI=1S/C19H28N4O2S/c1-14(2)18-12-22(13-19(18)21-26(4,24)25)10-16-9-20-23(11-16)17-7-5-6-15(3)8-17/h5-9,11,14,18-19,21H,10,12-13H2,1-4H3/t18-,19+/m0/s1. The quantitative estimate of drug-likeness (QED) is 0.839. The smallest absolute Gasteiger partial charge is 0.209 e. The van der Waals surface area contributed by atoms with Crippen LogP contribution in [-0.2, 0) is 16.6 Å². The number of aryl methyl sites for hydroxylation is 1. The lowest BCUT2D eigenvalue weighted by Gasteiger charge is -2.21. The summed E-state index contributed by atoms with van der Waals surface area (Å²) >= 11 is 0. The Morgan fingerprint density at radius 2 is 2.08 bits per heavy atom. The molecule has 26 heavy (non-hydrogen) atoms. The average Bonchev–Trinajstić information content (AvgIpc) is 3.13. The van der Waals surface area contributed by atoms with Crippen LogP contribution in [0.2, 0.25) is 0 Å². The largest absolute Gasteiger partial charge is 0.297 e. The number of rotatable bonds is 6. The Morgan fingerprint density at radius 1 is 1.31 bits per heavy atom. The van der Waals surface area contributed by atoms with E-state index >= 15 is 0 Å². The number of aromatic nitrogens is 2. The normalized spacial score (nSPS) is 21.6. The lowest BCUT2D eigenvalue weighted by Crippen LogP contribution is -2.41. The summed E-state index contributed by atoms with van der Waals surface area (Å²) in [7, 11) is -3.20. The molecule has 2 aromatic rings. The number of hydrogen-bond donors (Lipinski definition) is 1. The number of nitrogens with one attached hydrogen (secondary N) is 1. The van der Waals surface area contributed by atoms with E-state index in [1.807, 2.05) is 23.0 Å². The van der Waals surface area contributed by atoms with E-state index in [1.165, 1.54) is 11.8 Å². The van der Waals surface area contributed by atoms with Crippen LogP contribution in [0.1, 0.15) is 25.0 Å². The van der Waals surface area contributed by atoms with E-state index in [2.05, 4.69) is 53.8 Å². The average molecular weight is 377 g/mol. The predicted molar refractivity (Wildman–Crippen MR) is 104 cm³/mol. The van der Waals surface area contributed by atoms with Gasteiger partial charge in [-0.1, -0.05) is 26.0 Å². The Bertz CT molecular complexity index is 860. The summed E-state index contributed by atoms with van der Waals surface area (Å²) in [5.74, 6) is 0.741. The molecule has 1 fully saturated rings. The minimum Gasteiger partial charge on any atom is -0.297 e. The van der Waals surface area contributed by atoms with Gasteiger partial charge in [-0.05, 0) is 36.5 Å². The van der Waals surface area contributed by atoms with Crippen molar-refractivity contribution >= 4 is 10.0 Å². The van der Waals surface area contributed by atoms with Gasteiger partial charge in [0.25, 0.3) is 0 Å². The van der Waals surface area contributed by atoms with E-state index in [0.29, 0.717) is 11.8 Å². The van der Waals surface area contributed by atoms with Gasteiger partial charge in [0.15, 0.2) is 0 Å². The third kappa shape index (κ3) is 4.72. The number of benzene rings is 1. The van der Waals surface area contributed by atoms with Gasteiger partial charge in [0, 0.05) is 37.4 Å². The van der Waals surface area contributed by atoms with Crippen molar-refractivity contribution in [2.24, 2.45) is 11.8 Å². The van der Waals surface area contributed by atoms with Crippen LogP contribution < -0.4 is 4.72 Å². The van der Waals surface area contributed by atoms with Crippen LogP contribution >= 0.6 is 0 Å². The molecule has 6 nitrogen and oxygen atoms in total. The second kappa shape index (κ2) is 7.50. The zero-order valence-corrected chi connectivity index (χ0v) is 16.7. The van der Waals surface area contributed by atoms with Crippen molar-refractivity contribution in [3.63, 3.8) is 0 Å². The Kier molecular flexibility index (Phi) is 5.50. The van der Waals surface area contributed by atoms with Crippen LogP contribution in [0.25, 0.3) is 5.69 Å². The molecule has 0 spiro atoms. The van der Waals surface area contributed by atoms with E-state index in [0.717, 1.165) is 30.9 Å². The van der Waals surface area contributed by atoms with Gasteiger partial charge in [0.1, 0.15) is 0 Å². The van der Waals surface area contributed by atoms with E-state index in [4.69, 9.17) is 0 Å². The summed E-state index contributed by atoms with van der Waals surface area (Å²) in [5, 5.41) is 4.48. The monoisotopic (exact) mass is 376 g/mol. The maximum atomic E-state index is 11.7. The topological polar surface area (TPSA) is 67.2 Å². The van der Waals surface area contributed by atoms with Gasteiger partial charge in [-0.25, -0.2) is 17.8 Å². The van der Waals surface area contributed by atoms with Crippen molar-refractivity contribution in [2.45, 2.75) is 33.4 Å². The fraction of sp³-hybridized carbons (Fsp3) is 0.526. The summed E-state index contributed by atoms with van der Waals surface area (Å²) in [4.78, 5) is 2.31. The lowest BCUT2D eigenvalue weighted by atomic mass is 9.92. The predicted octanol–water partition coefficient (Wildman–Crippen LogP) is 2.19. The Hall–Kier alpha value is -1.70. The lowest BCUT2D eigenvalue weighted by molar-refractivity contribution is 0.296. The Balaban J connectivity index is 1.69. The van der Waals surface area contributed by atoms with Gasteiger partial charge in [-0.15, -0.1) is 0 Å². The van der Waals surface area contributed by atoms with E-state index in [-0.39, 0.29) is 6.04 Å². The fourth-order valence-electron chi connectivity index (χ4n) is 3.73. The van der Waals surface area contributed by atoms with Crippen molar-refractivity contribution in [2.75, 3.05) is 19.3 Å². The van der Waals surface area contributed by atoms with Crippen molar-refractivity contribution < 1.29 is 8.42 Å². The molecular formula is C19H28N4O2S. The molecule has 0 aliphatic carbocycles. The summed E-state index contributed by atoms with van der Waals surface area (Å²) in [6, 6.07) is 8.21. The molecule has 1 saturated heterocycles. The molecule has 1 N–H and O–H groups in total. The second-order valence-electron chi connectivity index (χ2n) is 7.73. The molecule has 1 aliphatic rings. The number of sulfonamides is 1. The van der Waals surface area contributed by atoms with Crippen LogP contribution in [0.5, 0.6) is 0 Å². The van der Waals surface area contributed by atoms with E-state index in [1.54, 1.807) is 0 Å². The Labute approximate surface area is 156 Å². The van der Waals surface area contributed by atoms with Crippen LogP contribution in [0.4, 0.5) is 0 Å². The molecule has 3 rings (SSSR count). The first-order valence-electron chi connectivity index (χ1n) is 9.01. The Morgan fingerprint density at radius 3 is 2.73 bits per heavy atom. The summed E-state index contributed by atoms with van der Waals surface area (Å²) < 4.78 is 28.0. The van der Waals surface area contributed by atoms with E-state index in [9.17, 15) is 8.42 Å². The van der Waals surface area contributed by atoms with Gasteiger partial charge in [-0.2, -0.15) is 5.10 Å². The third-order valence-corrected chi connectivity index (χ3v) is 5.70. The molecule has 0 saturated carbocycles. The second-order valence-corrected chi connectivity index (χ2v) is 9.51. The van der Waals surface area contributed by atoms with Gasteiger partial charge < -0.3 is 0 Å². The molecular weight excluding hydrogens is 348 g/mol. The first-order valence-corrected chi connectivity index (χ1v) is 10.9. The van der Waals surface area contributed by atoms with E-state index < -0.39 is 10.0 Å². The zero-order valence-electron chi connectivity index (χ0n) is 15.9. The maximum absolute atomic E-state index is 11.7. The molecule has 1 aromatic heterocycles. The highest BCUT2D eigenvalue weighted by Crippen LogP contribution is 2.26. The van der Waals surface area contributed by atoms with Gasteiger partial charge >= 0.3 is 0 Å². The molecule has 0 amide bonds. The van der Waals surface area contributed by atoms with Crippen LogP contribution in [0.3, 0.4) is 0 Å². The molecule has 7 heteroatoms. The highest BCUT2D eigenvalue weighted by atomic mass is 32.2. The summed E-state index contributed by atoms with van der Waals surface area (Å²) in [5.41, 5.74) is 3.39. The van der Waals surface area contributed by atoms with Crippen LogP contribution in [-0.4, -0.2) is 48.5 Å². The molecule has 2 atom stereocenters. The minimum absolute atomic E-state index is 0.0307. The minimum atomic E-state index is -3.20. The summed E-state index contributed by atoms with van der Waals surface area (Å²) in [6.45, 7) is 8.77. The highest BCUT2D eigenvalue weighted by molar-refractivity contribution is 7.88. The molecule has 0 unspecified atom stereocenters. The number of nitrogens with zero attached hydrogens (tertiary/aromatic N) is 3. The van der Waals surface area contributed by atoms with Crippen molar-refractivity contribution in [3.05, 3.63) is 47.8 Å². The zero-order chi connectivity index (χ0) is 18.9. The molecule has 142 valence electrons. The maximum Gasteiger partial charge on any atom is 0.209 e. The molecule has 0 bridgehead atoms. The van der Waals surface area contributed by atoms with Gasteiger partial charge in [0.2, 0.25) is 10.0 Å². The SMILES string of the molecule is Cc1cccc(-n2cc(CN3C[C@@H](NS(C)(=O)=O)[C@H](C(C)C)C3)cn2)c1. The molecule has 1 aromatic carbocycles. The van der Waals surface area contributed by atoms with Crippen molar-refractivity contribution in [1.82, 2.24) is 19.4 Å². The highest BCUT2D eigenvalue weighted by Gasteiger charge is 2.36. The van der Waals surface area contributed by atoms with Crippen molar-refractivity contribution in [1.29, 1.82) is 0 Å². The first-order chi connectivity index (χ1) is 12.2. The summed E-state index contributed by atoms with van der Waals surface area (Å²) in [6.07, 6.45) is 5.18. The molecule has 1 aliphatic heterocycles. The fourth-order valence-corrected chi connectivity index (χ4v) is 4.53. The van der Waals surface area contributed by atoms with Gasteiger partial charge in [-0.3, -0.25) is 4.90 Å².